The van der Waals surface area contributed by atoms with Gasteiger partial charge in [-0.15, -0.1) is 0 Å². The van der Waals surface area contributed by atoms with Crippen molar-refractivity contribution in [3.63, 3.8) is 0 Å². The van der Waals surface area contributed by atoms with Gasteiger partial charge in [-0.3, -0.25) is 0 Å². The van der Waals surface area contributed by atoms with Crippen LogP contribution in [0.2, 0.25) is 0 Å². The van der Waals surface area contributed by atoms with Gasteiger partial charge in [-0.05, 0) is 37.3 Å². The smallest absolute Gasteiger partial charge is 0.243 e. The first-order valence-corrected chi connectivity index (χ1v) is 7.47. The average Bonchev–Trinajstić information content (AvgIpc) is 2.85. The van der Waals surface area contributed by atoms with Gasteiger partial charge in [-0.2, -0.15) is 0 Å². The average molecular weight is 317 g/mol. The molecule has 0 aliphatic heterocycles. The summed E-state index contributed by atoms with van der Waals surface area (Å²) in [6.45, 7) is 1.24. The quantitative estimate of drug-likeness (QED) is 0.882. The highest BCUT2D eigenvalue weighted by Crippen LogP contribution is 2.18. The number of sulfonamides is 1. The summed E-state index contributed by atoms with van der Waals surface area (Å²) in [6.07, 6.45) is -1.23. The lowest BCUT2D eigenvalue weighted by Crippen LogP contribution is -2.29. The maximum Gasteiger partial charge on any atom is 0.243 e. The summed E-state index contributed by atoms with van der Waals surface area (Å²) >= 11 is 0. The zero-order valence-corrected chi connectivity index (χ0v) is 11.8. The standard InChI is InChI=1S/C13H13F2NO4S/c1-8-2-5-12(20-8)11(17)7-16-21(18,19)13-6-9(14)3-4-10(13)15/h2-6,11,16-17H,7H2,1H3. The fraction of sp³-hybridized carbons (Fsp3) is 0.231. The van der Waals surface area contributed by atoms with Crippen LogP contribution < -0.4 is 4.72 Å². The first kappa shape index (κ1) is 15.6. The topological polar surface area (TPSA) is 79.5 Å². The molecule has 1 heterocycles. The molecule has 0 aliphatic rings. The highest BCUT2D eigenvalue weighted by Gasteiger charge is 2.22. The zero-order chi connectivity index (χ0) is 15.6. The van der Waals surface area contributed by atoms with Gasteiger partial charge in [0.15, 0.2) is 0 Å². The van der Waals surface area contributed by atoms with E-state index in [1.807, 2.05) is 4.72 Å². The molecule has 0 amide bonds. The lowest BCUT2D eigenvalue weighted by molar-refractivity contribution is 0.152. The van der Waals surface area contributed by atoms with E-state index in [1.54, 1.807) is 13.0 Å². The highest BCUT2D eigenvalue weighted by atomic mass is 32.2. The van der Waals surface area contributed by atoms with E-state index in [4.69, 9.17) is 4.42 Å². The number of aryl methyl sites for hydroxylation is 1. The number of nitrogens with one attached hydrogen (secondary N) is 1. The van der Waals surface area contributed by atoms with E-state index in [-0.39, 0.29) is 5.76 Å². The molecule has 0 aliphatic carbocycles. The molecular weight excluding hydrogens is 304 g/mol. The first-order chi connectivity index (χ1) is 9.79. The van der Waals surface area contributed by atoms with Crippen molar-refractivity contribution in [2.24, 2.45) is 0 Å². The molecule has 114 valence electrons. The monoisotopic (exact) mass is 317 g/mol. The van der Waals surface area contributed by atoms with E-state index in [2.05, 4.69) is 0 Å². The molecule has 0 spiro atoms. The number of hydrogen-bond acceptors (Lipinski definition) is 4. The summed E-state index contributed by atoms with van der Waals surface area (Å²) in [5, 5.41) is 9.78. The van der Waals surface area contributed by atoms with Crippen LogP contribution >= 0.6 is 0 Å². The molecule has 2 rings (SSSR count). The minimum atomic E-state index is -4.28. The largest absolute Gasteiger partial charge is 0.464 e. The number of halogens is 2. The van der Waals surface area contributed by atoms with Crippen molar-refractivity contribution in [3.8, 4) is 0 Å². The van der Waals surface area contributed by atoms with Gasteiger partial charge in [-0.1, -0.05) is 0 Å². The lowest BCUT2D eigenvalue weighted by atomic mass is 10.3. The third kappa shape index (κ3) is 3.66. The minimum absolute atomic E-state index is 0.176. The molecule has 0 radical (unpaired) electrons. The molecule has 2 N–H and O–H groups in total. The maximum absolute atomic E-state index is 13.4. The van der Waals surface area contributed by atoms with Gasteiger partial charge in [0.2, 0.25) is 10.0 Å². The predicted octanol–water partition coefficient (Wildman–Crippen LogP) is 1.88. The molecule has 5 nitrogen and oxygen atoms in total. The van der Waals surface area contributed by atoms with Gasteiger partial charge < -0.3 is 9.52 Å². The molecule has 0 saturated carbocycles. The fourth-order valence-corrected chi connectivity index (χ4v) is 2.81. The summed E-state index contributed by atoms with van der Waals surface area (Å²) in [5.74, 6) is -1.22. The molecule has 1 aromatic heterocycles. The second-order valence-electron chi connectivity index (χ2n) is 4.39. The summed E-state index contributed by atoms with van der Waals surface area (Å²) < 4.78 is 57.4. The first-order valence-electron chi connectivity index (χ1n) is 5.99. The third-order valence-corrected chi connectivity index (χ3v) is 4.18. The van der Waals surface area contributed by atoms with Crippen LogP contribution in [-0.4, -0.2) is 20.1 Å². The van der Waals surface area contributed by atoms with Crippen LogP contribution in [-0.2, 0) is 10.0 Å². The van der Waals surface area contributed by atoms with Crippen LogP contribution in [0.4, 0.5) is 8.78 Å². The predicted molar refractivity (Wildman–Crippen MR) is 70.0 cm³/mol. The van der Waals surface area contributed by atoms with Crippen molar-refractivity contribution in [1.82, 2.24) is 4.72 Å². The lowest BCUT2D eigenvalue weighted by Gasteiger charge is -2.11. The Morgan fingerprint density at radius 2 is 2.00 bits per heavy atom. The molecule has 8 heteroatoms. The van der Waals surface area contributed by atoms with Gasteiger partial charge in [0.25, 0.3) is 0 Å². The van der Waals surface area contributed by atoms with Crippen LogP contribution in [0, 0.1) is 18.6 Å². The number of furan rings is 1. The van der Waals surface area contributed by atoms with E-state index < -0.39 is 39.2 Å². The zero-order valence-electron chi connectivity index (χ0n) is 11.0. The SMILES string of the molecule is Cc1ccc(C(O)CNS(=O)(=O)c2cc(F)ccc2F)o1. The number of aliphatic hydroxyl groups is 1. The van der Waals surface area contributed by atoms with Crippen molar-refractivity contribution in [2.75, 3.05) is 6.54 Å². The van der Waals surface area contributed by atoms with Gasteiger partial charge >= 0.3 is 0 Å². The Morgan fingerprint density at radius 3 is 2.62 bits per heavy atom. The summed E-state index contributed by atoms with van der Waals surface area (Å²) in [4.78, 5) is -0.815. The van der Waals surface area contributed by atoms with Crippen molar-refractivity contribution < 1.29 is 26.7 Å². The molecule has 1 aromatic carbocycles. The molecule has 21 heavy (non-hydrogen) atoms. The maximum atomic E-state index is 13.4. The Bertz CT molecular complexity index is 742. The Labute approximate surface area is 120 Å². The number of benzene rings is 1. The number of aliphatic hydroxyl groups excluding tert-OH is 1. The third-order valence-electron chi connectivity index (χ3n) is 2.74. The second-order valence-corrected chi connectivity index (χ2v) is 6.13. The normalized spacial score (nSPS) is 13.3. The molecule has 1 atom stereocenters. The van der Waals surface area contributed by atoms with E-state index in [0.29, 0.717) is 11.8 Å². The summed E-state index contributed by atoms with van der Waals surface area (Å²) in [5.41, 5.74) is 0. The fourth-order valence-electron chi connectivity index (χ4n) is 1.68. The molecule has 0 saturated heterocycles. The second kappa shape index (κ2) is 5.92. The Balaban J connectivity index is 2.13. The van der Waals surface area contributed by atoms with Crippen molar-refractivity contribution >= 4 is 10.0 Å². The summed E-state index contributed by atoms with van der Waals surface area (Å²) in [7, 11) is -4.28. The van der Waals surface area contributed by atoms with Gasteiger partial charge in [0.1, 0.15) is 34.2 Å². The van der Waals surface area contributed by atoms with E-state index in [9.17, 15) is 22.3 Å². The highest BCUT2D eigenvalue weighted by molar-refractivity contribution is 7.89. The molecule has 0 bridgehead atoms. The molecular formula is C13H13F2NO4S. The Hall–Kier alpha value is -1.77. The van der Waals surface area contributed by atoms with Gasteiger partial charge in [0, 0.05) is 6.54 Å². The van der Waals surface area contributed by atoms with Crippen molar-refractivity contribution in [2.45, 2.75) is 17.9 Å². The van der Waals surface area contributed by atoms with Crippen LogP contribution in [0.15, 0.2) is 39.6 Å². The van der Waals surface area contributed by atoms with Gasteiger partial charge in [0.05, 0.1) is 0 Å². The van der Waals surface area contributed by atoms with E-state index >= 15 is 0 Å². The number of rotatable bonds is 5. The minimum Gasteiger partial charge on any atom is -0.464 e. The molecule has 1 unspecified atom stereocenters. The van der Waals surface area contributed by atoms with Crippen molar-refractivity contribution in [3.05, 3.63) is 53.5 Å². The summed E-state index contributed by atoms with van der Waals surface area (Å²) in [6, 6.07) is 5.21. The number of hydrogen-bond donors (Lipinski definition) is 2. The van der Waals surface area contributed by atoms with Crippen LogP contribution in [0.3, 0.4) is 0 Å². The van der Waals surface area contributed by atoms with Crippen LogP contribution in [0.1, 0.15) is 17.6 Å². The van der Waals surface area contributed by atoms with Crippen molar-refractivity contribution in [1.29, 1.82) is 0 Å². The molecule has 2 aromatic rings. The Kier molecular flexibility index (Phi) is 4.40. The van der Waals surface area contributed by atoms with E-state index in [1.165, 1.54) is 6.07 Å². The van der Waals surface area contributed by atoms with E-state index in [0.717, 1.165) is 12.1 Å². The van der Waals surface area contributed by atoms with Crippen LogP contribution in [0.25, 0.3) is 0 Å². The van der Waals surface area contributed by atoms with Gasteiger partial charge in [-0.25, -0.2) is 21.9 Å². The Morgan fingerprint density at radius 1 is 1.29 bits per heavy atom. The molecule has 0 fully saturated rings. The van der Waals surface area contributed by atoms with Crippen LogP contribution in [0.5, 0.6) is 0 Å².